The summed E-state index contributed by atoms with van der Waals surface area (Å²) in [6.07, 6.45) is 1.87. The molecule has 2 N–H and O–H groups in total. The van der Waals surface area contributed by atoms with Gasteiger partial charge in [-0.25, -0.2) is 4.39 Å². The molecule has 2 aliphatic rings. The first-order valence-electron chi connectivity index (χ1n) is 8.57. The summed E-state index contributed by atoms with van der Waals surface area (Å²) in [5.41, 5.74) is 0.00463. The summed E-state index contributed by atoms with van der Waals surface area (Å²) in [7, 11) is 0. The molecule has 6 nitrogen and oxygen atoms in total. The third-order valence-corrected chi connectivity index (χ3v) is 5.46. The molecule has 1 aromatic rings. The van der Waals surface area contributed by atoms with E-state index in [-0.39, 0.29) is 18.4 Å². The zero-order chi connectivity index (χ0) is 18.0. The number of carbonyl (C=O) groups is 2. The first-order chi connectivity index (χ1) is 11.9. The second kappa shape index (κ2) is 7.09. The molecule has 2 atom stereocenters. The molecule has 0 amide bonds. The average Bonchev–Trinajstić information content (AvgIpc) is 2.56. The smallest absolute Gasteiger partial charge is 0.317 e. The SMILES string of the molecule is O=C(O)CN1CCC[C@]2(C(=O)O)CN(Cc3ccc(F)cc3)CC[C@@H]12. The van der Waals surface area contributed by atoms with Gasteiger partial charge in [0.05, 0.1) is 12.0 Å². The van der Waals surface area contributed by atoms with Crippen LogP contribution in [-0.4, -0.2) is 64.2 Å². The number of carboxylic acids is 2. The maximum Gasteiger partial charge on any atom is 0.317 e. The van der Waals surface area contributed by atoms with Gasteiger partial charge in [0.15, 0.2) is 0 Å². The predicted octanol–water partition coefficient (Wildman–Crippen LogP) is 1.65. The molecule has 0 aromatic heterocycles. The van der Waals surface area contributed by atoms with E-state index in [1.165, 1.54) is 12.1 Å². The molecular weight excluding hydrogens is 327 g/mol. The van der Waals surface area contributed by atoms with Gasteiger partial charge in [-0.1, -0.05) is 12.1 Å². The first-order valence-corrected chi connectivity index (χ1v) is 8.57. The number of hydrogen-bond acceptors (Lipinski definition) is 4. The summed E-state index contributed by atoms with van der Waals surface area (Å²) in [6, 6.07) is 5.99. The third kappa shape index (κ3) is 3.67. The highest BCUT2D eigenvalue weighted by Gasteiger charge is 2.53. The number of carboxylic acid groups (broad SMARTS) is 2. The molecule has 0 unspecified atom stereocenters. The Labute approximate surface area is 145 Å². The largest absolute Gasteiger partial charge is 0.481 e. The molecule has 2 fully saturated rings. The van der Waals surface area contributed by atoms with Gasteiger partial charge in [-0.2, -0.15) is 0 Å². The van der Waals surface area contributed by atoms with Gasteiger partial charge in [0.25, 0.3) is 0 Å². The maximum absolute atomic E-state index is 13.1. The van der Waals surface area contributed by atoms with Crippen molar-refractivity contribution in [2.75, 3.05) is 26.2 Å². The van der Waals surface area contributed by atoms with Gasteiger partial charge in [0, 0.05) is 25.7 Å². The van der Waals surface area contributed by atoms with Crippen LogP contribution in [-0.2, 0) is 16.1 Å². The predicted molar refractivity (Wildman–Crippen MR) is 88.6 cm³/mol. The molecule has 136 valence electrons. The highest BCUT2D eigenvalue weighted by atomic mass is 19.1. The quantitative estimate of drug-likeness (QED) is 0.840. The van der Waals surface area contributed by atoms with Crippen molar-refractivity contribution in [3.63, 3.8) is 0 Å². The van der Waals surface area contributed by atoms with Crippen LogP contribution >= 0.6 is 0 Å². The zero-order valence-corrected chi connectivity index (χ0v) is 14.0. The molecule has 25 heavy (non-hydrogen) atoms. The van der Waals surface area contributed by atoms with E-state index in [0.29, 0.717) is 45.4 Å². The maximum atomic E-state index is 13.1. The lowest BCUT2D eigenvalue weighted by atomic mass is 9.69. The topological polar surface area (TPSA) is 81.1 Å². The fourth-order valence-electron chi connectivity index (χ4n) is 4.36. The number of halogens is 1. The Balaban J connectivity index is 1.77. The number of likely N-dealkylation sites (tertiary alicyclic amines) is 2. The van der Waals surface area contributed by atoms with Gasteiger partial charge in [0.1, 0.15) is 5.82 Å². The van der Waals surface area contributed by atoms with E-state index in [9.17, 15) is 19.1 Å². The number of piperidine rings is 2. The number of fused-ring (bicyclic) bond motifs is 1. The van der Waals surface area contributed by atoms with E-state index in [1.54, 1.807) is 12.1 Å². The standard InChI is InChI=1S/C18H23FN2O4/c19-14-4-2-13(3-5-14)10-20-9-6-15-18(12-20,17(24)25)7-1-8-21(15)11-16(22)23/h2-5,15H,1,6-12H2,(H,22,23)(H,24,25)/t15-,18+/m1/s1. The van der Waals surface area contributed by atoms with E-state index in [0.717, 1.165) is 5.56 Å². The van der Waals surface area contributed by atoms with Crippen LogP contribution in [0.2, 0.25) is 0 Å². The van der Waals surface area contributed by atoms with Gasteiger partial charge < -0.3 is 10.2 Å². The highest BCUT2D eigenvalue weighted by Crippen LogP contribution is 2.42. The second-order valence-corrected chi connectivity index (χ2v) is 7.07. The number of rotatable bonds is 5. The molecule has 2 saturated heterocycles. The first kappa shape index (κ1) is 17.8. The van der Waals surface area contributed by atoms with Crippen molar-refractivity contribution in [1.29, 1.82) is 0 Å². The molecule has 0 saturated carbocycles. The van der Waals surface area contributed by atoms with Crippen molar-refractivity contribution in [2.24, 2.45) is 5.41 Å². The van der Waals surface area contributed by atoms with Gasteiger partial charge in [0.2, 0.25) is 0 Å². The van der Waals surface area contributed by atoms with Crippen LogP contribution in [0.1, 0.15) is 24.8 Å². The number of hydrogen-bond donors (Lipinski definition) is 2. The van der Waals surface area contributed by atoms with Crippen molar-refractivity contribution in [2.45, 2.75) is 31.8 Å². The molecule has 0 radical (unpaired) electrons. The molecule has 2 heterocycles. The second-order valence-electron chi connectivity index (χ2n) is 7.07. The Bertz CT molecular complexity index is 651. The molecular formula is C18H23FN2O4. The van der Waals surface area contributed by atoms with Crippen molar-refractivity contribution in [1.82, 2.24) is 9.80 Å². The molecule has 2 aliphatic heterocycles. The monoisotopic (exact) mass is 350 g/mol. The summed E-state index contributed by atoms with van der Waals surface area (Å²) in [5.74, 6) is -2.06. The van der Waals surface area contributed by atoms with Gasteiger partial charge in [-0.05, 0) is 43.5 Å². The molecule has 1 aromatic carbocycles. The van der Waals surface area contributed by atoms with Crippen molar-refractivity contribution in [3.05, 3.63) is 35.6 Å². The Morgan fingerprint density at radius 1 is 1.20 bits per heavy atom. The van der Waals surface area contributed by atoms with E-state index in [4.69, 9.17) is 5.11 Å². The molecule has 7 heteroatoms. The normalized spacial score (nSPS) is 27.6. The van der Waals surface area contributed by atoms with Crippen LogP contribution in [0.15, 0.2) is 24.3 Å². The summed E-state index contributed by atoms with van der Waals surface area (Å²) in [5, 5.41) is 19.1. The summed E-state index contributed by atoms with van der Waals surface area (Å²) < 4.78 is 13.1. The molecule has 0 aliphatic carbocycles. The van der Waals surface area contributed by atoms with E-state index < -0.39 is 17.4 Å². The minimum absolute atomic E-state index is 0.113. The minimum Gasteiger partial charge on any atom is -0.481 e. The van der Waals surface area contributed by atoms with Crippen LogP contribution in [0.5, 0.6) is 0 Å². The third-order valence-electron chi connectivity index (χ3n) is 5.46. The zero-order valence-electron chi connectivity index (χ0n) is 14.0. The van der Waals surface area contributed by atoms with Gasteiger partial charge in [-0.15, -0.1) is 0 Å². The van der Waals surface area contributed by atoms with Crippen molar-refractivity contribution >= 4 is 11.9 Å². The lowest BCUT2D eigenvalue weighted by Gasteiger charge is -2.52. The highest BCUT2D eigenvalue weighted by molar-refractivity contribution is 5.77. The fraction of sp³-hybridized carbons (Fsp3) is 0.556. The van der Waals surface area contributed by atoms with Crippen LogP contribution in [0.3, 0.4) is 0 Å². The van der Waals surface area contributed by atoms with E-state index in [2.05, 4.69) is 4.90 Å². The summed E-state index contributed by atoms with van der Waals surface area (Å²) >= 11 is 0. The van der Waals surface area contributed by atoms with Gasteiger partial charge >= 0.3 is 11.9 Å². The lowest BCUT2D eigenvalue weighted by molar-refractivity contribution is -0.166. The fourth-order valence-corrected chi connectivity index (χ4v) is 4.36. The Morgan fingerprint density at radius 2 is 1.92 bits per heavy atom. The van der Waals surface area contributed by atoms with Crippen LogP contribution in [0, 0.1) is 11.2 Å². The van der Waals surface area contributed by atoms with E-state index >= 15 is 0 Å². The summed E-state index contributed by atoms with van der Waals surface area (Å²) in [4.78, 5) is 27.2. The Morgan fingerprint density at radius 3 is 2.56 bits per heavy atom. The Hall–Kier alpha value is -1.99. The molecule has 3 rings (SSSR count). The summed E-state index contributed by atoms with van der Waals surface area (Å²) in [6.45, 7) is 2.18. The number of aliphatic carboxylic acids is 2. The van der Waals surface area contributed by atoms with Crippen LogP contribution in [0.25, 0.3) is 0 Å². The van der Waals surface area contributed by atoms with Gasteiger partial charge in [-0.3, -0.25) is 19.4 Å². The minimum atomic E-state index is -0.939. The molecule has 0 bridgehead atoms. The Kier molecular flexibility index (Phi) is 5.06. The number of benzene rings is 1. The van der Waals surface area contributed by atoms with Crippen LogP contribution < -0.4 is 0 Å². The lowest BCUT2D eigenvalue weighted by Crippen LogP contribution is -2.64. The van der Waals surface area contributed by atoms with E-state index in [1.807, 2.05) is 4.90 Å². The van der Waals surface area contributed by atoms with Crippen LogP contribution in [0.4, 0.5) is 4.39 Å². The molecule has 0 spiro atoms. The van der Waals surface area contributed by atoms with Crippen molar-refractivity contribution in [3.8, 4) is 0 Å². The average molecular weight is 350 g/mol. The van der Waals surface area contributed by atoms with Crippen molar-refractivity contribution < 1.29 is 24.2 Å². The number of nitrogens with zero attached hydrogens (tertiary/aromatic N) is 2.